The molecule has 0 spiro atoms. The minimum absolute atomic E-state index is 0.0110. The highest BCUT2D eigenvalue weighted by Crippen LogP contribution is 1.84. The normalized spacial score (nSPS) is 10.3. The monoisotopic (exact) mass is 147 g/mol. The minimum atomic E-state index is -0.852. The van der Waals surface area contributed by atoms with Crippen LogP contribution in [0.3, 0.4) is 0 Å². The van der Waals surface area contributed by atoms with E-state index in [0.29, 0.717) is 13.1 Å². The van der Waals surface area contributed by atoms with Crippen molar-refractivity contribution >= 4 is 5.97 Å². The standard InChI is InChI=1S/C6H13NO3/c1-2-7(3-4-8)5-6(9)10/h8H,2-5H2,1H3,(H,9,10). The topological polar surface area (TPSA) is 60.8 Å². The Labute approximate surface area is 60.1 Å². The summed E-state index contributed by atoms with van der Waals surface area (Å²) in [6.07, 6.45) is 0. The van der Waals surface area contributed by atoms with Gasteiger partial charge >= 0.3 is 5.97 Å². The third kappa shape index (κ3) is 4.29. The molecule has 0 aliphatic carbocycles. The highest BCUT2D eigenvalue weighted by Gasteiger charge is 2.04. The van der Waals surface area contributed by atoms with Crippen LogP contribution in [0.2, 0.25) is 0 Å². The maximum absolute atomic E-state index is 10.1. The number of carbonyl (C=O) groups is 1. The van der Waals surface area contributed by atoms with E-state index in [4.69, 9.17) is 10.2 Å². The number of likely N-dealkylation sites (N-methyl/N-ethyl adjacent to an activating group) is 1. The van der Waals surface area contributed by atoms with Crippen LogP contribution < -0.4 is 0 Å². The molecule has 0 aromatic heterocycles. The summed E-state index contributed by atoms with van der Waals surface area (Å²) in [5.41, 5.74) is 0. The molecule has 0 aromatic rings. The van der Waals surface area contributed by atoms with Crippen molar-refractivity contribution in [3.8, 4) is 0 Å². The number of nitrogens with zero attached hydrogens (tertiary/aromatic N) is 1. The summed E-state index contributed by atoms with van der Waals surface area (Å²) in [5, 5.41) is 16.8. The first-order chi connectivity index (χ1) is 4.70. The Morgan fingerprint density at radius 1 is 1.60 bits per heavy atom. The van der Waals surface area contributed by atoms with Crippen molar-refractivity contribution in [2.75, 3.05) is 26.2 Å². The van der Waals surface area contributed by atoms with Crippen molar-refractivity contribution in [3.63, 3.8) is 0 Å². The van der Waals surface area contributed by atoms with Crippen LogP contribution in [0, 0.1) is 0 Å². The molecule has 0 aliphatic rings. The number of hydrogen-bond donors (Lipinski definition) is 2. The van der Waals surface area contributed by atoms with Crippen molar-refractivity contribution < 1.29 is 15.0 Å². The predicted octanol–water partition coefficient (Wildman–Crippen LogP) is -0.615. The van der Waals surface area contributed by atoms with Gasteiger partial charge in [0.15, 0.2) is 0 Å². The molecule has 4 nitrogen and oxygen atoms in total. The maximum atomic E-state index is 10.1. The first-order valence-electron chi connectivity index (χ1n) is 3.25. The number of aliphatic hydroxyl groups is 1. The number of rotatable bonds is 5. The number of aliphatic hydroxyl groups excluding tert-OH is 1. The second-order valence-electron chi connectivity index (χ2n) is 1.99. The van der Waals surface area contributed by atoms with Gasteiger partial charge in [0.25, 0.3) is 0 Å². The van der Waals surface area contributed by atoms with E-state index in [0.717, 1.165) is 0 Å². The lowest BCUT2D eigenvalue weighted by molar-refractivity contribution is -0.138. The zero-order valence-electron chi connectivity index (χ0n) is 6.08. The van der Waals surface area contributed by atoms with Gasteiger partial charge in [-0.3, -0.25) is 9.69 Å². The van der Waals surface area contributed by atoms with Crippen molar-refractivity contribution in [1.82, 2.24) is 4.90 Å². The first kappa shape index (κ1) is 9.39. The third-order valence-corrected chi connectivity index (χ3v) is 1.22. The molecule has 0 atom stereocenters. The summed E-state index contributed by atoms with van der Waals surface area (Å²) in [7, 11) is 0. The van der Waals surface area contributed by atoms with Crippen LogP contribution in [0.5, 0.6) is 0 Å². The van der Waals surface area contributed by atoms with E-state index in [9.17, 15) is 4.79 Å². The molecule has 0 aromatic carbocycles. The molecule has 60 valence electrons. The highest BCUT2D eigenvalue weighted by atomic mass is 16.4. The number of carboxylic acid groups (broad SMARTS) is 1. The van der Waals surface area contributed by atoms with E-state index in [1.54, 1.807) is 4.90 Å². The van der Waals surface area contributed by atoms with Gasteiger partial charge in [0, 0.05) is 6.54 Å². The van der Waals surface area contributed by atoms with Gasteiger partial charge in [0.1, 0.15) is 0 Å². The molecule has 0 bridgehead atoms. The second kappa shape index (κ2) is 5.20. The molecule has 0 rings (SSSR count). The lowest BCUT2D eigenvalue weighted by atomic mass is 10.5. The zero-order chi connectivity index (χ0) is 7.98. The Morgan fingerprint density at radius 2 is 2.20 bits per heavy atom. The van der Waals surface area contributed by atoms with Crippen LogP contribution >= 0.6 is 0 Å². The predicted molar refractivity (Wildman–Crippen MR) is 36.8 cm³/mol. The van der Waals surface area contributed by atoms with Gasteiger partial charge < -0.3 is 10.2 Å². The SMILES string of the molecule is CCN(CCO)CC(=O)O. The summed E-state index contributed by atoms with van der Waals surface area (Å²) in [5.74, 6) is -0.852. The summed E-state index contributed by atoms with van der Waals surface area (Å²) in [6.45, 7) is 2.98. The Morgan fingerprint density at radius 3 is 2.50 bits per heavy atom. The largest absolute Gasteiger partial charge is 0.480 e. The van der Waals surface area contributed by atoms with E-state index >= 15 is 0 Å². The molecule has 0 saturated heterocycles. The Balaban J connectivity index is 3.49. The molecule has 0 fully saturated rings. The molecule has 0 heterocycles. The number of aliphatic carboxylic acids is 1. The van der Waals surface area contributed by atoms with Gasteiger partial charge in [0.05, 0.1) is 13.2 Å². The van der Waals surface area contributed by atoms with Gasteiger partial charge in [-0.2, -0.15) is 0 Å². The molecule has 0 saturated carbocycles. The Hall–Kier alpha value is -0.610. The van der Waals surface area contributed by atoms with E-state index < -0.39 is 5.97 Å². The van der Waals surface area contributed by atoms with Crippen LogP contribution in [0.15, 0.2) is 0 Å². The summed E-state index contributed by atoms with van der Waals surface area (Å²) >= 11 is 0. The molecule has 0 aliphatic heterocycles. The van der Waals surface area contributed by atoms with Gasteiger partial charge in [0.2, 0.25) is 0 Å². The Kier molecular flexibility index (Phi) is 4.88. The minimum Gasteiger partial charge on any atom is -0.480 e. The Bertz CT molecular complexity index is 105. The first-order valence-corrected chi connectivity index (χ1v) is 3.25. The molecule has 10 heavy (non-hydrogen) atoms. The van der Waals surface area contributed by atoms with Crippen molar-refractivity contribution in [2.24, 2.45) is 0 Å². The van der Waals surface area contributed by atoms with E-state index in [-0.39, 0.29) is 13.2 Å². The fraction of sp³-hybridized carbons (Fsp3) is 0.833. The lowest BCUT2D eigenvalue weighted by Gasteiger charge is -2.15. The van der Waals surface area contributed by atoms with E-state index in [2.05, 4.69) is 0 Å². The summed E-state index contributed by atoms with van der Waals surface area (Å²) in [6, 6.07) is 0. The fourth-order valence-corrected chi connectivity index (χ4v) is 0.682. The molecular weight excluding hydrogens is 134 g/mol. The molecule has 0 unspecified atom stereocenters. The van der Waals surface area contributed by atoms with Crippen molar-refractivity contribution in [1.29, 1.82) is 0 Å². The van der Waals surface area contributed by atoms with E-state index in [1.807, 2.05) is 6.92 Å². The highest BCUT2D eigenvalue weighted by molar-refractivity contribution is 5.69. The zero-order valence-corrected chi connectivity index (χ0v) is 6.08. The molecule has 2 N–H and O–H groups in total. The maximum Gasteiger partial charge on any atom is 0.317 e. The van der Waals surface area contributed by atoms with Gasteiger partial charge in [-0.25, -0.2) is 0 Å². The molecule has 0 radical (unpaired) electrons. The quantitative estimate of drug-likeness (QED) is 0.544. The van der Waals surface area contributed by atoms with E-state index in [1.165, 1.54) is 0 Å². The molecule has 4 heteroatoms. The van der Waals surface area contributed by atoms with Crippen molar-refractivity contribution in [3.05, 3.63) is 0 Å². The van der Waals surface area contributed by atoms with Crippen LogP contribution in [0.4, 0.5) is 0 Å². The summed E-state index contributed by atoms with van der Waals surface area (Å²) in [4.78, 5) is 11.8. The van der Waals surface area contributed by atoms with Gasteiger partial charge in [-0.05, 0) is 6.54 Å². The van der Waals surface area contributed by atoms with Crippen LogP contribution in [0.1, 0.15) is 6.92 Å². The smallest absolute Gasteiger partial charge is 0.317 e. The van der Waals surface area contributed by atoms with Crippen LogP contribution in [0.25, 0.3) is 0 Å². The average molecular weight is 147 g/mol. The second-order valence-corrected chi connectivity index (χ2v) is 1.99. The van der Waals surface area contributed by atoms with Crippen LogP contribution in [-0.4, -0.2) is 47.3 Å². The van der Waals surface area contributed by atoms with Gasteiger partial charge in [-0.15, -0.1) is 0 Å². The molecular formula is C6H13NO3. The third-order valence-electron chi connectivity index (χ3n) is 1.22. The van der Waals surface area contributed by atoms with Crippen molar-refractivity contribution in [2.45, 2.75) is 6.92 Å². The number of hydrogen-bond acceptors (Lipinski definition) is 3. The lowest BCUT2D eigenvalue weighted by Crippen LogP contribution is -2.31. The average Bonchev–Trinajstić information content (AvgIpc) is 1.86. The fourth-order valence-electron chi connectivity index (χ4n) is 0.682. The molecule has 0 amide bonds. The summed E-state index contributed by atoms with van der Waals surface area (Å²) < 4.78 is 0. The number of carboxylic acids is 1. The van der Waals surface area contributed by atoms with Gasteiger partial charge in [-0.1, -0.05) is 6.92 Å². The van der Waals surface area contributed by atoms with Crippen LogP contribution in [-0.2, 0) is 4.79 Å².